The Balaban J connectivity index is 1.68. The van der Waals surface area contributed by atoms with Gasteiger partial charge in [0.2, 0.25) is 0 Å². The molecular weight excluding hydrogens is 266 g/mol. The second kappa shape index (κ2) is 6.30. The lowest BCUT2D eigenvalue weighted by Crippen LogP contribution is -1.90. The van der Waals surface area contributed by atoms with E-state index in [1.54, 1.807) is 18.0 Å². The maximum atomic E-state index is 4.27. The third kappa shape index (κ3) is 3.22. The Morgan fingerprint density at radius 1 is 0.850 bits per heavy atom. The number of pyridine rings is 1. The molecule has 0 saturated heterocycles. The highest BCUT2D eigenvalue weighted by molar-refractivity contribution is 7.98. The van der Waals surface area contributed by atoms with Crippen molar-refractivity contribution in [3.63, 3.8) is 0 Å². The van der Waals surface area contributed by atoms with Crippen LogP contribution in [0.2, 0.25) is 0 Å². The fourth-order valence-corrected chi connectivity index (χ4v) is 2.55. The largest absolute Gasteiger partial charge is 0.264 e. The van der Waals surface area contributed by atoms with E-state index in [9.17, 15) is 0 Å². The molecule has 2 heterocycles. The molecule has 3 rings (SSSR count). The first kappa shape index (κ1) is 12.8. The zero-order valence-corrected chi connectivity index (χ0v) is 11.6. The number of aromatic nitrogens is 3. The van der Waals surface area contributed by atoms with Crippen LogP contribution in [0.25, 0.3) is 11.3 Å². The summed E-state index contributed by atoms with van der Waals surface area (Å²) in [5.74, 6) is 0.854. The van der Waals surface area contributed by atoms with E-state index < -0.39 is 0 Å². The maximum absolute atomic E-state index is 4.27. The molecule has 0 amide bonds. The average Bonchev–Trinajstić information content (AvgIpc) is 2.55. The molecule has 1 aromatic carbocycles. The smallest absolute Gasteiger partial charge is 0.119 e. The number of nitrogens with zero attached hydrogens (tertiary/aromatic N) is 3. The molecule has 0 fully saturated rings. The fraction of sp³-hybridized carbons (Fsp3) is 0.0625. The van der Waals surface area contributed by atoms with Gasteiger partial charge in [0, 0.05) is 23.7 Å². The minimum atomic E-state index is 0.854. The van der Waals surface area contributed by atoms with Crippen molar-refractivity contribution in [1.82, 2.24) is 15.2 Å². The van der Waals surface area contributed by atoms with Gasteiger partial charge in [-0.25, -0.2) is 0 Å². The van der Waals surface area contributed by atoms with Crippen LogP contribution in [0.1, 0.15) is 5.56 Å². The van der Waals surface area contributed by atoms with Crippen molar-refractivity contribution in [2.75, 3.05) is 0 Å². The summed E-state index contributed by atoms with van der Waals surface area (Å²) < 4.78 is 0. The molecule has 2 aromatic heterocycles. The molecule has 0 spiro atoms. The van der Waals surface area contributed by atoms with Crippen molar-refractivity contribution in [1.29, 1.82) is 0 Å². The molecule has 0 saturated carbocycles. The summed E-state index contributed by atoms with van der Waals surface area (Å²) in [5.41, 5.74) is 3.17. The van der Waals surface area contributed by atoms with Crippen LogP contribution in [0.15, 0.2) is 72.0 Å². The lowest BCUT2D eigenvalue weighted by atomic mass is 10.1. The summed E-state index contributed by atoms with van der Waals surface area (Å²) in [4.78, 5) is 4.10. The van der Waals surface area contributed by atoms with Crippen LogP contribution in [0.5, 0.6) is 0 Å². The molecule has 0 atom stereocenters. The second-order valence-electron chi connectivity index (χ2n) is 4.27. The molecule has 0 aliphatic carbocycles. The quantitative estimate of drug-likeness (QED) is 0.680. The van der Waals surface area contributed by atoms with E-state index in [-0.39, 0.29) is 0 Å². The van der Waals surface area contributed by atoms with Gasteiger partial charge in [-0.2, -0.15) is 0 Å². The van der Waals surface area contributed by atoms with Gasteiger partial charge in [-0.05, 0) is 23.8 Å². The summed E-state index contributed by atoms with van der Waals surface area (Å²) in [7, 11) is 0. The third-order valence-corrected chi connectivity index (χ3v) is 3.81. The van der Waals surface area contributed by atoms with Crippen LogP contribution in [-0.2, 0) is 5.75 Å². The summed E-state index contributed by atoms with van der Waals surface area (Å²) in [6, 6.07) is 18.1. The number of benzene rings is 1. The van der Waals surface area contributed by atoms with Crippen molar-refractivity contribution in [3.8, 4) is 11.3 Å². The second-order valence-corrected chi connectivity index (χ2v) is 5.27. The van der Waals surface area contributed by atoms with Crippen molar-refractivity contribution in [2.24, 2.45) is 0 Å². The molecule has 3 nitrogen and oxygen atoms in total. The number of rotatable bonds is 4. The van der Waals surface area contributed by atoms with E-state index in [1.165, 1.54) is 5.56 Å². The normalized spacial score (nSPS) is 10.4. The topological polar surface area (TPSA) is 38.7 Å². The van der Waals surface area contributed by atoms with E-state index in [0.717, 1.165) is 22.0 Å². The van der Waals surface area contributed by atoms with Gasteiger partial charge in [-0.3, -0.25) is 4.98 Å². The molecule has 4 heteroatoms. The van der Waals surface area contributed by atoms with Crippen molar-refractivity contribution >= 4 is 11.8 Å². The molecule has 0 N–H and O–H groups in total. The van der Waals surface area contributed by atoms with Gasteiger partial charge in [0.05, 0.1) is 5.69 Å². The Kier molecular flexibility index (Phi) is 4.04. The zero-order valence-electron chi connectivity index (χ0n) is 10.8. The minimum Gasteiger partial charge on any atom is -0.264 e. The molecule has 0 aliphatic rings. The van der Waals surface area contributed by atoms with Gasteiger partial charge >= 0.3 is 0 Å². The number of thioether (sulfide) groups is 1. The van der Waals surface area contributed by atoms with Crippen LogP contribution in [0.3, 0.4) is 0 Å². The Morgan fingerprint density at radius 2 is 1.75 bits per heavy atom. The molecule has 98 valence electrons. The molecule has 20 heavy (non-hydrogen) atoms. The summed E-state index contributed by atoms with van der Waals surface area (Å²) in [6.07, 6.45) is 3.65. The van der Waals surface area contributed by atoms with E-state index in [2.05, 4.69) is 21.2 Å². The van der Waals surface area contributed by atoms with Crippen molar-refractivity contribution in [3.05, 3.63) is 72.6 Å². The number of hydrogen-bond acceptors (Lipinski definition) is 4. The van der Waals surface area contributed by atoms with Gasteiger partial charge in [-0.1, -0.05) is 48.2 Å². The monoisotopic (exact) mass is 279 g/mol. The van der Waals surface area contributed by atoms with E-state index in [4.69, 9.17) is 0 Å². The van der Waals surface area contributed by atoms with Crippen molar-refractivity contribution < 1.29 is 0 Å². The van der Waals surface area contributed by atoms with Crippen LogP contribution in [0, 0.1) is 0 Å². The van der Waals surface area contributed by atoms with Crippen LogP contribution in [0.4, 0.5) is 0 Å². The molecular formula is C16H13N3S. The maximum Gasteiger partial charge on any atom is 0.119 e. The minimum absolute atomic E-state index is 0.854. The van der Waals surface area contributed by atoms with E-state index in [0.29, 0.717) is 0 Å². The van der Waals surface area contributed by atoms with Gasteiger partial charge in [0.15, 0.2) is 0 Å². The first-order valence-corrected chi connectivity index (χ1v) is 7.31. The van der Waals surface area contributed by atoms with E-state index in [1.807, 2.05) is 54.7 Å². The molecule has 3 aromatic rings. The summed E-state index contributed by atoms with van der Waals surface area (Å²) >= 11 is 1.66. The molecule has 0 bridgehead atoms. The van der Waals surface area contributed by atoms with Crippen LogP contribution >= 0.6 is 11.8 Å². The fourth-order valence-electron chi connectivity index (χ4n) is 1.80. The molecule has 0 aliphatic heterocycles. The Bertz CT molecular complexity index is 654. The molecule has 0 unspecified atom stereocenters. The predicted octanol–water partition coefficient (Wildman–Crippen LogP) is 3.83. The average molecular weight is 279 g/mol. The highest BCUT2D eigenvalue weighted by Gasteiger charge is 2.01. The lowest BCUT2D eigenvalue weighted by Gasteiger charge is -2.02. The standard InChI is InChI=1S/C16H13N3S/c1-2-6-14(7-3-1)15-8-9-16(19-18-15)20-12-13-5-4-10-17-11-13/h1-11H,12H2. The first-order chi connectivity index (χ1) is 9.92. The van der Waals surface area contributed by atoms with Gasteiger partial charge in [-0.15, -0.1) is 10.2 Å². The predicted molar refractivity (Wildman–Crippen MR) is 81.3 cm³/mol. The number of hydrogen-bond donors (Lipinski definition) is 0. The lowest BCUT2D eigenvalue weighted by molar-refractivity contribution is 0.935. The van der Waals surface area contributed by atoms with Gasteiger partial charge in [0.1, 0.15) is 5.03 Å². The Labute approximate surface area is 122 Å². The first-order valence-electron chi connectivity index (χ1n) is 6.33. The summed E-state index contributed by atoms with van der Waals surface area (Å²) in [6.45, 7) is 0. The summed E-state index contributed by atoms with van der Waals surface area (Å²) in [5, 5.41) is 9.46. The Morgan fingerprint density at radius 3 is 2.45 bits per heavy atom. The van der Waals surface area contributed by atoms with E-state index >= 15 is 0 Å². The third-order valence-electron chi connectivity index (χ3n) is 2.82. The van der Waals surface area contributed by atoms with Crippen molar-refractivity contribution in [2.45, 2.75) is 10.8 Å². The van der Waals surface area contributed by atoms with Crippen LogP contribution < -0.4 is 0 Å². The highest BCUT2D eigenvalue weighted by Crippen LogP contribution is 2.22. The zero-order chi connectivity index (χ0) is 13.6. The Hall–Kier alpha value is -2.20. The van der Waals surface area contributed by atoms with Crippen LogP contribution in [-0.4, -0.2) is 15.2 Å². The highest BCUT2D eigenvalue weighted by atomic mass is 32.2. The molecule has 0 radical (unpaired) electrons. The van der Waals surface area contributed by atoms with Gasteiger partial charge in [0.25, 0.3) is 0 Å². The van der Waals surface area contributed by atoms with Gasteiger partial charge < -0.3 is 0 Å². The SMILES string of the molecule is c1ccc(-c2ccc(SCc3cccnc3)nn2)cc1.